The van der Waals surface area contributed by atoms with Gasteiger partial charge in [-0.15, -0.1) is 0 Å². The summed E-state index contributed by atoms with van der Waals surface area (Å²) in [6.07, 6.45) is -0.528. The van der Waals surface area contributed by atoms with Crippen molar-refractivity contribution in [1.29, 1.82) is 0 Å². The third-order valence-electron chi connectivity index (χ3n) is 2.22. The number of fused-ring (bicyclic) bond motifs is 1. The van der Waals surface area contributed by atoms with E-state index in [-0.39, 0.29) is 5.56 Å². The van der Waals surface area contributed by atoms with E-state index >= 15 is 0 Å². The molecule has 1 aromatic heterocycles. The molecule has 0 spiro atoms. The van der Waals surface area contributed by atoms with Crippen molar-refractivity contribution in [3.05, 3.63) is 28.6 Å². The Kier molecular flexibility index (Phi) is 2.86. The van der Waals surface area contributed by atoms with Crippen LogP contribution < -0.4 is 10.9 Å². The maximum absolute atomic E-state index is 11.6. The molecule has 0 atom stereocenters. The van der Waals surface area contributed by atoms with Gasteiger partial charge in [0.25, 0.3) is 5.56 Å². The van der Waals surface area contributed by atoms with Gasteiger partial charge < -0.3 is 4.74 Å². The molecule has 6 nitrogen and oxygen atoms in total. The molecule has 3 N–H and O–H groups in total. The van der Waals surface area contributed by atoms with Crippen molar-refractivity contribution in [1.82, 2.24) is 10.2 Å². The van der Waals surface area contributed by atoms with Gasteiger partial charge in [-0.1, -0.05) is 0 Å². The van der Waals surface area contributed by atoms with Gasteiger partial charge in [0.15, 0.2) is 0 Å². The summed E-state index contributed by atoms with van der Waals surface area (Å²) in [4.78, 5) is 22.9. The van der Waals surface area contributed by atoms with Crippen LogP contribution in [0.1, 0.15) is 20.8 Å². The molecule has 0 unspecified atom stereocenters. The average molecular weight is 249 g/mol. The van der Waals surface area contributed by atoms with Crippen molar-refractivity contribution in [2.75, 3.05) is 5.32 Å². The fourth-order valence-electron chi connectivity index (χ4n) is 1.54. The lowest BCUT2D eigenvalue weighted by Crippen LogP contribution is -2.27. The number of hydrogen-bond donors (Lipinski definition) is 3. The molecule has 96 valence electrons. The topological polar surface area (TPSA) is 87.0 Å². The van der Waals surface area contributed by atoms with Crippen LogP contribution in [-0.4, -0.2) is 21.9 Å². The summed E-state index contributed by atoms with van der Waals surface area (Å²) in [6.45, 7) is 5.37. The van der Waals surface area contributed by atoms with Gasteiger partial charge in [0.2, 0.25) is 0 Å². The van der Waals surface area contributed by atoms with Crippen LogP contribution in [-0.2, 0) is 4.74 Å². The minimum absolute atomic E-state index is 0.186. The second kappa shape index (κ2) is 4.21. The third-order valence-corrected chi connectivity index (χ3v) is 2.22. The van der Waals surface area contributed by atoms with Crippen LogP contribution in [0.3, 0.4) is 0 Å². The number of benzene rings is 1. The fraction of sp³-hybridized carbons (Fsp3) is 0.333. The van der Waals surface area contributed by atoms with Crippen LogP contribution >= 0.6 is 0 Å². The summed E-state index contributed by atoms with van der Waals surface area (Å²) >= 11 is 0. The van der Waals surface area contributed by atoms with E-state index in [0.29, 0.717) is 16.6 Å². The Labute approximate surface area is 103 Å². The van der Waals surface area contributed by atoms with E-state index in [0.717, 1.165) is 0 Å². The Morgan fingerprint density at radius 3 is 2.67 bits per heavy atom. The maximum atomic E-state index is 11.6. The Hall–Kier alpha value is -2.24. The van der Waals surface area contributed by atoms with Crippen molar-refractivity contribution in [2.24, 2.45) is 0 Å². The van der Waals surface area contributed by atoms with Crippen molar-refractivity contribution in [3.63, 3.8) is 0 Å². The molecule has 0 saturated heterocycles. The molecule has 2 aromatic rings. The predicted molar refractivity (Wildman–Crippen MR) is 68.8 cm³/mol. The molecule has 1 amide bonds. The predicted octanol–water partition coefficient (Wildman–Crippen LogP) is 2.20. The fourth-order valence-corrected chi connectivity index (χ4v) is 1.54. The molecule has 0 radical (unpaired) electrons. The number of hydrogen-bond acceptors (Lipinski definition) is 3. The van der Waals surface area contributed by atoms with Crippen LogP contribution in [0.15, 0.2) is 23.0 Å². The average Bonchev–Trinajstić information content (AvgIpc) is 2.57. The first-order chi connectivity index (χ1) is 8.35. The molecule has 18 heavy (non-hydrogen) atoms. The Balaban J connectivity index is 2.17. The van der Waals surface area contributed by atoms with E-state index in [2.05, 4.69) is 15.5 Å². The maximum Gasteiger partial charge on any atom is 0.412 e. The molecule has 0 fully saturated rings. The van der Waals surface area contributed by atoms with Gasteiger partial charge in [-0.25, -0.2) is 4.79 Å². The van der Waals surface area contributed by atoms with Crippen molar-refractivity contribution < 1.29 is 9.53 Å². The zero-order valence-electron chi connectivity index (χ0n) is 10.5. The van der Waals surface area contributed by atoms with E-state index in [1.807, 2.05) is 0 Å². The summed E-state index contributed by atoms with van der Waals surface area (Å²) in [5.41, 5.74) is 0.464. The summed E-state index contributed by atoms with van der Waals surface area (Å²) in [7, 11) is 0. The molecule has 0 bridgehead atoms. The van der Waals surface area contributed by atoms with Crippen LogP contribution in [0.25, 0.3) is 10.9 Å². The van der Waals surface area contributed by atoms with E-state index in [1.54, 1.807) is 39.0 Å². The summed E-state index contributed by atoms with van der Waals surface area (Å²) in [6, 6.07) is 4.95. The SMILES string of the molecule is CC(C)(C)OC(=O)Nc1ccc2c(=O)[nH][nH]c2c1. The lowest BCUT2D eigenvalue weighted by atomic mass is 10.2. The molecule has 1 heterocycles. The highest BCUT2D eigenvalue weighted by atomic mass is 16.6. The van der Waals surface area contributed by atoms with Gasteiger partial charge in [0.1, 0.15) is 5.60 Å². The van der Waals surface area contributed by atoms with E-state index in [9.17, 15) is 9.59 Å². The standard InChI is InChI=1S/C12H15N3O3/c1-12(2,3)18-11(17)13-7-4-5-8-9(6-7)14-15-10(8)16/h4-6H,1-3H3,(H,13,17)(H2,14,15,16). The smallest absolute Gasteiger partial charge is 0.412 e. The minimum Gasteiger partial charge on any atom is -0.444 e. The highest BCUT2D eigenvalue weighted by Gasteiger charge is 2.16. The number of ether oxygens (including phenoxy) is 1. The monoisotopic (exact) mass is 249 g/mol. The zero-order valence-corrected chi connectivity index (χ0v) is 10.5. The highest BCUT2D eigenvalue weighted by Crippen LogP contribution is 2.15. The quantitative estimate of drug-likeness (QED) is 0.724. The Morgan fingerprint density at radius 2 is 2.00 bits per heavy atom. The molecule has 0 aliphatic carbocycles. The van der Waals surface area contributed by atoms with Crippen molar-refractivity contribution in [3.8, 4) is 0 Å². The van der Waals surface area contributed by atoms with Crippen LogP contribution in [0.2, 0.25) is 0 Å². The largest absolute Gasteiger partial charge is 0.444 e. The normalized spacial score (nSPS) is 11.5. The van der Waals surface area contributed by atoms with Gasteiger partial charge in [-0.2, -0.15) is 0 Å². The van der Waals surface area contributed by atoms with E-state index in [1.165, 1.54) is 0 Å². The number of carbonyl (C=O) groups is 1. The summed E-state index contributed by atoms with van der Waals surface area (Å²) in [5, 5.41) is 8.34. The minimum atomic E-state index is -0.545. The van der Waals surface area contributed by atoms with Crippen LogP contribution in [0.4, 0.5) is 10.5 Å². The number of nitrogens with one attached hydrogen (secondary N) is 3. The lowest BCUT2D eigenvalue weighted by Gasteiger charge is -2.19. The van der Waals surface area contributed by atoms with Crippen molar-refractivity contribution in [2.45, 2.75) is 26.4 Å². The van der Waals surface area contributed by atoms with Crippen LogP contribution in [0, 0.1) is 0 Å². The molecule has 2 rings (SSSR count). The van der Waals surface area contributed by atoms with E-state index in [4.69, 9.17) is 4.74 Å². The van der Waals surface area contributed by atoms with E-state index < -0.39 is 11.7 Å². The van der Waals surface area contributed by atoms with Gasteiger partial charge in [0.05, 0.1) is 10.9 Å². The number of carbonyl (C=O) groups excluding carboxylic acids is 1. The van der Waals surface area contributed by atoms with Crippen molar-refractivity contribution >= 4 is 22.7 Å². The van der Waals surface area contributed by atoms with Gasteiger partial charge >= 0.3 is 6.09 Å². The number of rotatable bonds is 1. The Morgan fingerprint density at radius 1 is 1.28 bits per heavy atom. The van der Waals surface area contributed by atoms with Gasteiger partial charge in [-0.3, -0.25) is 20.3 Å². The summed E-state index contributed by atoms with van der Waals surface area (Å²) < 4.78 is 5.13. The highest BCUT2D eigenvalue weighted by molar-refractivity contribution is 5.89. The number of H-pyrrole nitrogens is 2. The molecule has 6 heteroatoms. The van der Waals surface area contributed by atoms with Crippen LogP contribution in [0.5, 0.6) is 0 Å². The van der Waals surface area contributed by atoms with Gasteiger partial charge in [-0.05, 0) is 39.0 Å². The number of anilines is 1. The second-order valence-electron chi connectivity index (χ2n) is 4.97. The molecule has 0 aliphatic rings. The number of aromatic nitrogens is 2. The van der Waals surface area contributed by atoms with Gasteiger partial charge in [0, 0.05) is 5.69 Å². The molecule has 0 aliphatic heterocycles. The Bertz CT molecular complexity index is 634. The lowest BCUT2D eigenvalue weighted by molar-refractivity contribution is 0.0636. The first-order valence-corrected chi connectivity index (χ1v) is 5.55. The zero-order chi connectivity index (χ0) is 13.3. The summed E-state index contributed by atoms with van der Waals surface area (Å²) in [5.74, 6) is 0. The first-order valence-electron chi connectivity index (χ1n) is 5.55. The number of amides is 1. The molecular formula is C12H15N3O3. The molecular weight excluding hydrogens is 234 g/mol. The number of aromatic amines is 2. The third kappa shape index (κ3) is 2.71. The molecule has 0 saturated carbocycles. The first kappa shape index (κ1) is 12.2. The molecule has 1 aromatic carbocycles. The second-order valence-corrected chi connectivity index (χ2v) is 4.97.